The number of nitrogens with zero attached hydrogens (tertiary/aromatic N) is 1. The summed E-state index contributed by atoms with van der Waals surface area (Å²) >= 11 is 0. The first-order valence-electron chi connectivity index (χ1n) is 10.3. The van der Waals surface area contributed by atoms with Crippen LogP contribution in [0.5, 0.6) is 11.5 Å². The van der Waals surface area contributed by atoms with E-state index in [0.717, 1.165) is 22.4 Å². The molecule has 2 aromatic rings. The summed E-state index contributed by atoms with van der Waals surface area (Å²) in [6, 6.07) is 8.72. The molecule has 1 aliphatic heterocycles. The molecule has 0 spiro atoms. The zero-order chi connectivity index (χ0) is 22.8. The van der Waals surface area contributed by atoms with E-state index in [4.69, 9.17) is 9.47 Å². The van der Waals surface area contributed by atoms with Gasteiger partial charge in [-0.25, -0.2) is 8.42 Å². The van der Waals surface area contributed by atoms with E-state index >= 15 is 0 Å². The maximum absolute atomic E-state index is 13.4. The summed E-state index contributed by atoms with van der Waals surface area (Å²) in [6.45, 7) is 6.42. The van der Waals surface area contributed by atoms with E-state index in [0.29, 0.717) is 25.1 Å². The van der Waals surface area contributed by atoms with Gasteiger partial charge in [0, 0.05) is 24.8 Å². The summed E-state index contributed by atoms with van der Waals surface area (Å²) in [5, 5.41) is 3.02. The summed E-state index contributed by atoms with van der Waals surface area (Å²) in [4.78, 5) is 13.1. The summed E-state index contributed by atoms with van der Waals surface area (Å²) in [7, 11) is -0.940. The number of ether oxygens (including phenoxy) is 2. The van der Waals surface area contributed by atoms with E-state index in [-0.39, 0.29) is 23.1 Å². The van der Waals surface area contributed by atoms with Crippen molar-refractivity contribution in [2.45, 2.75) is 38.5 Å². The second-order valence-electron chi connectivity index (χ2n) is 7.98. The van der Waals surface area contributed by atoms with E-state index < -0.39 is 15.9 Å². The van der Waals surface area contributed by atoms with Gasteiger partial charge in [0.15, 0.2) is 0 Å². The van der Waals surface area contributed by atoms with Crippen LogP contribution in [0, 0.1) is 26.7 Å². The Morgan fingerprint density at radius 1 is 1.06 bits per heavy atom. The van der Waals surface area contributed by atoms with Gasteiger partial charge in [-0.15, -0.1) is 0 Å². The van der Waals surface area contributed by atoms with Crippen molar-refractivity contribution in [1.82, 2.24) is 4.31 Å². The Hall–Kier alpha value is -2.58. The molecule has 2 aromatic carbocycles. The van der Waals surface area contributed by atoms with Gasteiger partial charge in [-0.05, 0) is 56.9 Å². The average molecular weight is 447 g/mol. The Labute approximate surface area is 184 Å². The van der Waals surface area contributed by atoms with E-state index in [1.54, 1.807) is 12.1 Å². The van der Waals surface area contributed by atoms with E-state index in [1.165, 1.54) is 24.6 Å². The molecule has 31 heavy (non-hydrogen) atoms. The zero-order valence-electron chi connectivity index (χ0n) is 18.7. The number of carbonyl (C=O) groups is 1. The third-order valence-electron chi connectivity index (χ3n) is 5.67. The van der Waals surface area contributed by atoms with Gasteiger partial charge in [0.2, 0.25) is 15.9 Å². The number of carbonyl (C=O) groups excluding carboxylic acids is 1. The quantitative estimate of drug-likeness (QED) is 0.732. The van der Waals surface area contributed by atoms with Gasteiger partial charge in [0.05, 0.1) is 20.1 Å². The number of nitrogens with one attached hydrogen (secondary N) is 1. The third-order valence-corrected chi connectivity index (χ3v) is 7.56. The van der Waals surface area contributed by atoms with E-state index in [9.17, 15) is 13.2 Å². The predicted molar refractivity (Wildman–Crippen MR) is 120 cm³/mol. The van der Waals surface area contributed by atoms with Crippen LogP contribution in [-0.2, 0) is 14.8 Å². The monoisotopic (exact) mass is 446 g/mol. The van der Waals surface area contributed by atoms with Crippen molar-refractivity contribution in [3.8, 4) is 11.5 Å². The predicted octanol–water partition coefficient (Wildman–Crippen LogP) is 3.67. The molecule has 0 bridgehead atoms. The van der Waals surface area contributed by atoms with Crippen molar-refractivity contribution < 1.29 is 22.7 Å². The number of benzene rings is 2. The normalized spacial score (nSPS) is 17.3. The lowest BCUT2D eigenvalue weighted by Crippen LogP contribution is -2.43. The fourth-order valence-corrected chi connectivity index (χ4v) is 5.80. The molecular formula is C23H30N2O5S. The van der Waals surface area contributed by atoms with Gasteiger partial charge < -0.3 is 14.8 Å². The molecule has 0 unspecified atom stereocenters. The molecule has 0 aliphatic carbocycles. The van der Waals surface area contributed by atoms with Gasteiger partial charge in [0.25, 0.3) is 0 Å². The van der Waals surface area contributed by atoms with Crippen LogP contribution in [0.15, 0.2) is 35.2 Å². The minimum Gasteiger partial charge on any atom is -0.497 e. The number of sulfonamides is 1. The zero-order valence-corrected chi connectivity index (χ0v) is 19.5. The van der Waals surface area contributed by atoms with Crippen LogP contribution in [-0.4, -0.2) is 45.9 Å². The highest BCUT2D eigenvalue weighted by molar-refractivity contribution is 7.89. The SMILES string of the molecule is COc1ccc(OC)c(S(=O)(=O)N2CCC[C@H](C(=O)Nc3c(C)cc(C)cc3C)C2)c1. The smallest absolute Gasteiger partial charge is 0.246 e. The molecule has 0 saturated carbocycles. The Morgan fingerprint density at radius 2 is 1.74 bits per heavy atom. The molecule has 1 heterocycles. The number of rotatable bonds is 6. The van der Waals surface area contributed by atoms with Crippen molar-refractivity contribution in [3.05, 3.63) is 47.0 Å². The lowest BCUT2D eigenvalue weighted by atomic mass is 9.98. The molecule has 3 rings (SSSR count). The van der Waals surface area contributed by atoms with Gasteiger partial charge in [-0.2, -0.15) is 4.31 Å². The Morgan fingerprint density at radius 3 is 2.35 bits per heavy atom. The molecule has 7 nitrogen and oxygen atoms in total. The molecule has 168 valence electrons. The van der Waals surface area contributed by atoms with Crippen LogP contribution >= 0.6 is 0 Å². The standard InChI is InChI=1S/C23H30N2O5S/c1-15-11-16(2)22(17(3)12-15)24-23(26)18-7-6-10-25(14-18)31(27,28)21-13-19(29-4)8-9-20(21)30-5/h8-9,11-13,18H,6-7,10,14H2,1-5H3,(H,24,26)/t18-/m0/s1. The average Bonchev–Trinajstić information content (AvgIpc) is 2.75. The first-order valence-corrected chi connectivity index (χ1v) is 11.7. The highest BCUT2D eigenvalue weighted by Gasteiger charge is 2.35. The fraction of sp³-hybridized carbons (Fsp3) is 0.435. The van der Waals surface area contributed by atoms with Crippen molar-refractivity contribution in [2.75, 3.05) is 32.6 Å². The van der Waals surface area contributed by atoms with E-state index in [1.807, 2.05) is 32.9 Å². The van der Waals surface area contributed by atoms with Gasteiger partial charge in [0.1, 0.15) is 16.4 Å². The maximum Gasteiger partial charge on any atom is 0.246 e. The second-order valence-corrected chi connectivity index (χ2v) is 9.89. The molecule has 1 fully saturated rings. The van der Waals surface area contributed by atoms with Crippen LogP contribution in [0.2, 0.25) is 0 Å². The number of hydrogen-bond acceptors (Lipinski definition) is 5. The summed E-state index contributed by atoms with van der Waals surface area (Å²) in [6.07, 6.45) is 1.24. The lowest BCUT2D eigenvalue weighted by molar-refractivity contribution is -0.120. The number of hydrogen-bond donors (Lipinski definition) is 1. The largest absolute Gasteiger partial charge is 0.497 e. The highest BCUT2D eigenvalue weighted by atomic mass is 32.2. The summed E-state index contributed by atoms with van der Waals surface area (Å²) in [5.74, 6) is 0.0852. The minimum atomic E-state index is -3.85. The second kappa shape index (κ2) is 9.28. The molecule has 1 aliphatic rings. The summed E-state index contributed by atoms with van der Waals surface area (Å²) in [5.41, 5.74) is 3.92. The maximum atomic E-state index is 13.4. The molecule has 1 amide bonds. The van der Waals surface area contributed by atoms with Crippen LogP contribution < -0.4 is 14.8 Å². The van der Waals surface area contributed by atoms with Crippen LogP contribution in [0.4, 0.5) is 5.69 Å². The van der Waals surface area contributed by atoms with Crippen LogP contribution in [0.1, 0.15) is 29.5 Å². The molecular weight excluding hydrogens is 416 g/mol. The third kappa shape index (κ3) is 4.85. The van der Waals surface area contributed by atoms with Gasteiger partial charge >= 0.3 is 0 Å². The van der Waals surface area contributed by atoms with E-state index in [2.05, 4.69) is 5.32 Å². The topological polar surface area (TPSA) is 84.9 Å². The lowest BCUT2D eigenvalue weighted by Gasteiger charge is -2.31. The molecule has 1 atom stereocenters. The first kappa shape index (κ1) is 23.1. The number of aryl methyl sites for hydroxylation is 3. The first-order chi connectivity index (χ1) is 14.7. The van der Waals surface area contributed by atoms with Gasteiger partial charge in [-0.1, -0.05) is 17.7 Å². The van der Waals surface area contributed by atoms with Crippen LogP contribution in [0.25, 0.3) is 0 Å². The van der Waals surface area contributed by atoms with Gasteiger partial charge in [-0.3, -0.25) is 4.79 Å². The molecule has 0 radical (unpaired) electrons. The van der Waals surface area contributed by atoms with Crippen molar-refractivity contribution in [1.29, 1.82) is 0 Å². The molecule has 1 saturated heterocycles. The van der Waals surface area contributed by atoms with Crippen molar-refractivity contribution in [3.63, 3.8) is 0 Å². The van der Waals surface area contributed by atoms with Crippen LogP contribution in [0.3, 0.4) is 0 Å². The Balaban J connectivity index is 1.83. The Kier molecular flexibility index (Phi) is 6.91. The Bertz CT molecular complexity index is 1060. The molecule has 1 N–H and O–H groups in total. The number of methoxy groups -OCH3 is 2. The number of amides is 1. The minimum absolute atomic E-state index is 0.0423. The van der Waals surface area contributed by atoms with Crippen molar-refractivity contribution >= 4 is 21.6 Å². The molecule has 8 heteroatoms. The van der Waals surface area contributed by atoms with Crippen molar-refractivity contribution in [2.24, 2.45) is 5.92 Å². The molecule has 0 aromatic heterocycles. The highest BCUT2D eigenvalue weighted by Crippen LogP contribution is 2.33. The number of anilines is 1. The number of piperidine rings is 1. The summed E-state index contributed by atoms with van der Waals surface area (Å²) < 4.78 is 38.6. The fourth-order valence-electron chi connectivity index (χ4n) is 4.10.